The van der Waals surface area contributed by atoms with Gasteiger partial charge in [-0.3, -0.25) is 9.59 Å². The number of anilines is 2. The highest BCUT2D eigenvalue weighted by Gasteiger charge is 2.29. The number of ether oxygens (including phenoxy) is 1. The summed E-state index contributed by atoms with van der Waals surface area (Å²) in [5.41, 5.74) is 2.81. The number of urea groups is 1. The highest BCUT2D eigenvalue weighted by Crippen LogP contribution is 2.29. The fourth-order valence-electron chi connectivity index (χ4n) is 4.56. The molecule has 1 saturated heterocycles. The average Bonchev–Trinajstić information content (AvgIpc) is 3.34. The Labute approximate surface area is 209 Å². The number of benzene rings is 3. The molecule has 0 aromatic heterocycles. The third-order valence-electron chi connectivity index (χ3n) is 6.47. The van der Waals surface area contributed by atoms with Crippen LogP contribution in [0.5, 0.6) is 5.75 Å². The number of amides is 4. The van der Waals surface area contributed by atoms with Crippen molar-refractivity contribution in [1.29, 1.82) is 0 Å². The van der Waals surface area contributed by atoms with Crippen LogP contribution in [0, 0.1) is 0 Å². The summed E-state index contributed by atoms with van der Waals surface area (Å²) in [5.74, 6) is 0.399. The number of nitrogens with zero attached hydrogens (tertiary/aromatic N) is 1. The van der Waals surface area contributed by atoms with Crippen LogP contribution in [0.15, 0.2) is 78.9 Å². The summed E-state index contributed by atoms with van der Waals surface area (Å²) in [6.07, 6.45) is 1.27. The molecule has 1 fully saturated rings. The number of hydrogen-bond acceptors (Lipinski definition) is 4. The number of carbonyl (C=O) groups is 3. The molecule has 1 unspecified atom stereocenters. The van der Waals surface area contributed by atoms with Gasteiger partial charge < -0.3 is 25.6 Å². The second kappa shape index (κ2) is 10.5. The number of fused-ring (bicyclic) bond motifs is 1. The predicted molar refractivity (Wildman–Crippen MR) is 137 cm³/mol. The maximum absolute atomic E-state index is 13.1. The van der Waals surface area contributed by atoms with Crippen molar-refractivity contribution in [2.45, 2.75) is 31.4 Å². The van der Waals surface area contributed by atoms with Crippen LogP contribution < -0.4 is 20.7 Å². The van der Waals surface area contributed by atoms with Gasteiger partial charge >= 0.3 is 6.03 Å². The number of carbonyl (C=O) groups excluding carboxylic acids is 3. The van der Waals surface area contributed by atoms with Crippen LogP contribution in [-0.2, 0) is 11.2 Å². The Bertz CT molecular complexity index is 1230. The fourth-order valence-corrected chi connectivity index (χ4v) is 4.56. The zero-order chi connectivity index (χ0) is 24.9. The van der Waals surface area contributed by atoms with Crippen LogP contribution in [0.3, 0.4) is 0 Å². The third kappa shape index (κ3) is 5.49. The highest BCUT2D eigenvalue weighted by molar-refractivity contribution is 5.98. The predicted octanol–water partition coefficient (Wildman–Crippen LogP) is 4.06. The molecule has 0 bridgehead atoms. The number of piperidine rings is 1. The Balaban J connectivity index is 1.12. The average molecular weight is 485 g/mol. The number of nitrogens with one attached hydrogen (secondary N) is 3. The van der Waals surface area contributed by atoms with Crippen molar-refractivity contribution in [3.05, 3.63) is 90.0 Å². The first kappa shape index (κ1) is 23.4. The van der Waals surface area contributed by atoms with E-state index in [9.17, 15) is 14.4 Å². The van der Waals surface area contributed by atoms with E-state index >= 15 is 0 Å². The Morgan fingerprint density at radius 3 is 2.31 bits per heavy atom. The van der Waals surface area contributed by atoms with Crippen molar-refractivity contribution in [3.8, 4) is 5.75 Å². The summed E-state index contributed by atoms with van der Waals surface area (Å²) in [7, 11) is 0. The normalized spacial score (nSPS) is 17.0. The minimum absolute atomic E-state index is 0.00100. The van der Waals surface area contributed by atoms with Crippen molar-refractivity contribution in [2.24, 2.45) is 0 Å². The molecular formula is C28H28N4O4. The lowest BCUT2D eigenvalue weighted by atomic mass is 10.0. The number of para-hydroxylation sites is 2. The zero-order valence-corrected chi connectivity index (χ0v) is 19.8. The van der Waals surface area contributed by atoms with Crippen LogP contribution in [0.4, 0.5) is 16.2 Å². The lowest BCUT2D eigenvalue weighted by molar-refractivity contribution is -0.122. The van der Waals surface area contributed by atoms with Crippen molar-refractivity contribution in [1.82, 2.24) is 10.2 Å². The fraction of sp³-hybridized carbons (Fsp3) is 0.250. The van der Waals surface area contributed by atoms with E-state index in [2.05, 4.69) is 16.0 Å². The van der Waals surface area contributed by atoms with E-state index in [1.54, 1.807) is 29.2 Å². The first-order chi connectivity index (χ1) is 17.5. The van der Waals surface area contributed by atoms with E-state index in [1.807, 2.05) is 54.6 Å². The molecule has 8 heteroatoms. The van der Waals surface area contributed by atoms with Crippen LogP contribution in [0.2, 0.25) is 0 Å². The van der Waals surface area contributed by atoms with Gasteiger partial charge in [0.15, 0.2) is 6.10 Å². The van der Waals surface area contributed by atoms with E-state index in [4.69, 9.17) is 4.74 Å². The van der Waals surface area contributed by atoms with Gasteiger partial charge in [0.25, 0.3) is 11.8 Å². The zero-order valence-electron chi connectivity index (χ0n) is 19.8. The van der Waals surface area contributed by atoms with Gasteiger partial charge in [0.2, 0.25) is 0 Å². The van der Waals surface area contributed by atoms with Gasteiger partial charge in [0, 0.05) is 42.5 Å². The molecule has 0 spiro atoms. The van der Waals surface area contributed by atoms with Gasteiger partial charge in [0.1, 0.15) is 5.75 Å². The Morgan fingerprint density at radius 1 is 0.806 bits per heavy atom. The van der Waals surface area contributed by atoms with E-state index in [-0.39, 0.29) is 23.9 Å². The quantitative estimate of drug-likeness (QED) is 0.509. The smallest absolute Gasteiger partial charge is 0.319 e. The lowest BCUT2D eigenvalue weighted by Gasteiger charge is -2.32. The molecule has 3 aromatic carbocycles. The maximum Gasteiger partial charge on any atom is 0.319 e. The Kier molecular flexibility index (Phi) is 6.84. The summed E-state index contributed by atoms with van der Waals surface area (Å²) in [6, 6.07) is 23.6. The molecule has 2 aliphatic heterocycles. The maximum atomic E-state index is 13.1. The van der Waals surface area contributed by atoms with Gasteiger partial charge in [-0.05, 0) is 54.8 Å². The summed E-state index contributed by atoms with van der Waals surface area (Å²) in [4.78, 5) is 39.9. The van der Waals surface area contributed by atoms with Gasteiger partial charge in [-0.25, -0.2) is 4.79 Å². The molecule has 3 N–H and O–H groups in total. The molecule has 1 atom stereocenters. The van der Waals surface area contributed by atoms with Crippen LogP contribution in [-0.4, -0.2) is 48.0 Å². The Hall–Kier alpha value is -4.33. The molecule has 5 rings (SSSR count). The summed E-state index contributed by atoms with van der Waals surface area (Å²) >= 11 is 0. The van der Waals surface area contributed by atoms with E-state index < -0.39 is 6.10 Å². The Morgan fingerprint density at radius 2 is 1.53 bits per heavy atom. The van der Waals surface area contributed by atoms with E-state index in [0.29, 0.717) is 43.6 Å². The first-order valence-corrected chi connectivity index (χ1v) is 12.1. The van der Waals surface area contributed by atoms with Gasteiger partial charge in [-0.2, -0.15) is 0 Å². The summed E-state index contributed by atoms with van der Waals surface area (Å²) in [5, 5.41) is 8.68. The van der Waals surface area contributed by atoms with Crippen LogP contribution in [0.25, 0.3) is 0 Å². The van der Waals surface area contributed by atoms with Crippen LogP contribution >= 0.6 is 0 Å². The van der Waals surface area contributed by atoms with Gasteiger partial charge in [-0.15, -0.1) is 0 Å². The topological polar surface area (TPSA) is 99.8 Å². The van der Waals surface area contributed by atoms with Crippen molar-refractivity contribution in [2.75, 3.05) is 23.7 Å². The van der Waals surface area contributed by atoms with Crippen molar-refractivity contribution < 1.29 is 19.1 Å². The molecular weight excluding hydrogens is 456 g/mol. The highest BCUT2D eigenvalue weighted by atomic mass is 16.5. The monoisotopic (exact) mass is 484 g/mol. The van der Waals surface area contributed by atoms with E-state index in [0.717, 1.165) is 17.0 Å². The van der Waals surface area contributed by atoms with Gasteiger partial charge in [-0.1, -0.05) is 42.5 Å². The molecule has 0 aliphatic carbocycles. The standard InChI is InChI=1S/C28H28N4O4/c33-26(25-18-19-7-4-5-12-24(19)36-25)29-23-11-6-8-20(17-23)27(34)32-15-13-22(14-16-32)31-28(35)30-21-9-2-1-3-10-21/h1-12,17,22,25H,13-16,18H2,(H,29,33)(H2,30,31,35). The largest absolute Gasteiger partial charge is 0.480 e. The minimum atomic E-state index is -0.590. The minimum Gasteiger partial charge on any atom is -0.480 e. The number of rotatable bonds is 5. The number of hydrogen-bond donors (Lipinski definition) is 3. The molecule has 0 radical (unpaired) electrons. The molecule has 3 aromatic rings. The molecule has 0 saturated carbocycles. The molecule has 8 nitrogen and oxygen atoms in total. The number of likely N-dealkylation sites (tertiary alicyclic amines) is 1. The van der Waals surface area contributed by atoms with Gasteiger partial charge in [0.05, 0.1) is 0 Å². The molecule has 184 valence electrons. The van der Waals surface area contributed by atoms with Crippen molar-refractivity contribution >= 4 is 29.2 Å². The summed E-state index contributed by atoms with van der Waals surface area (Å²) < 4.78 is 5.76. The first-order valence-electron chi connectivity index (χ1n) is 12.1. The SMILES string of the molecule is O=C(Nc1ccccc1)NC1CCN(C(=O)c2cccc(NC(=O)C3Cc4ccccc4O3)c2)CC1. The molecule has 4 amide bonds. The molecule has 2 heterocycles. The second-order valence-electron chi connectivity index (χ2n) is 9.02. The third-order valence-corrected chi connectivity index (χ3v) is 6.47. The second-order valence-corrected chi connectivity index (χ2v) is 9.02. The molecule has 2 aliphatic rings. The lowest BCUT2D eigenvalue weighted by Crippen LogP contribution is -2.47. The van der Waals surface area contributed by atoms with Crippen LogP contribution in [0.1, 0.15) is 28.8 Å². The molecule has 36 heavy (non-hydrogen) atoms. The van der Waals surface area contributed by atoms with Crippen molar-refractivity contribution in [3.63, 3.8) is 0 Å². The summed E-state index contributed by atoms with van der Waals surface area (Å²) in [6.45, 7) is 1.08. The van der Waals surface area contributed by atoms with E-state index in [1.165, 1.54) is 0 Å².